The third kappa shape index (κ3) is 3.98. The molecule has 9 heteroatoms. The summed E-state index contributed by atoms with van der Waals surface area (Å²) >= 11 is 1.13. The molecule has 0 radical (unpaired) electrons. The van der Waals surface area contributed by atoms with E-state index in [-0.39, 0.29) is 47.6 Å². The molecule has 26 heavy (non-hydrogen) atoms. The number of benzene rings is 1. The number of nitrogen functional groups attached to an aromatic ring is 1. The number of methoxy groups -OCH3 is 1. The van der Waals surface area contributed by atoms with E-state index in [0.29, 0.717) is 16.2 Å². The van der Waals surface area contributed by atoms with E-state index in [9.17, 15) is 15.6 Å². The molecule has 0 amide bonds. The predicted molar refractivity (Wildman–Crippen MR) is 95.5 cm³/mol. The summed E-state index contributed by atoms with van der Waals surface area (Å²) in [4.78, 5) is 4.13. The zero-order chi connectivity index (χ0) is 19.1. The Kier molecular flexibility index (Phi) is 6.64. The number of rotatable bonds is 7. The number of thioether (sulfide) groups is 1. The van der Waals surface area contributed by atoms with Crippen LogP contribution >= 0.6 is 11.8 Å². The molecular weight excluding hydrogens is 356 g/mol. The minimum atomic E-state index is -0.118. The topological polar surface area (TPSA) is 145 Å². The van der Waals surface area contributed by atoms with Crippen LogP contribution in [0.1, 0.15) is 11.1 Å². The van der Waals surface area contributed by atoms with Gasteiger partial charge in [-0.15, -0.1) is 0 Å². The van der Waals surface area contributed by atoms with Crippen LogP contribution in [0, 0.1) is 22.7 Å². The first-order valence-electron chi connectivity index (χ1n) is 7.39. The summed E-state index contributed by atoms with van der Waals surface area (Å²) in [6.07, 6.45) is 0. The molecule has 8 nitrogen and oxygen atoms in total. The minimum absolute atomic E-state index is 0.0156. The summed E-state index contributed by atoms with van der Waals surface area (Å²) in [5.74, 6) is 0.276. The van der Waals surface area contributed by atoms with E-state index in [4.69, 9.17) is 20.3 Å². The number of phenols is 1. The maximum Gasteiger partial charge on any atom is 0.161 e. The second kappa shape index (κ2) is 8.92. The van der Waals surface area contributed by atoms with Gasteiger partial charge in [0.05, 0.1) is 31.8 Å². The lowest BCUT2D eigenvalue weighted by molar-refractivity contribution is 0.125. The monoisotopic (exact) mass is 372 g/mol. The third-order valence-corrected chi connectivity index (χ3v) is 4.25. The van der Waals surface area contributed by atoms with Crippen molar-refractivity contribution in [2.45, 2.75) is 5.03 Å². The Morgan fingerprint density at radius 2 is 2.00 bits per heavy atom. The molecule has 0 atom stereocenters. The molecule has 0 saturated carbocycles. The highest BCUT2D eigenvalue weighted by Gasteiger charge is 2.21. The molecule has 0 spiro atoms. The predicted octanol–water partition coefficient (Wildman–Crippen LogP) is 1.85. The molecule has 2 aromatic rings. The number of ether oxygens (including phenoxy) is 2. The molecule has 2 rings (SSSR count). The van der Waals surface area contributed by atoms with Gasteiger partial charge >= 0.3 is 0 Å². The summed E-state index contributed by atoms with van der Waals surface area (Å²) in [5, 5.41) is 38.0. The molecule has 0 bridgehead atoms. The number of nitrogens with zero attached hydrogens (tertiary/aromatic N) is 3. The van der Waals surface area contributed by atoms with E-state index in [2.05, 4.69) is 11.1 Å². The summed E-state index contributed by atoms with van der Waals surface area (Å²) in [5.41, 5.74) is 6.94. The van der Waals surface area contributed by atoms with Crippen LogP contribution in [-0.4, -0.2) is 41.5 Å². The van der Waals surface area contributed by atoms with Crippen molar-refractivity contribution < 1.29 is 19.7 Å². The standard InChI is InChI=1S/C17H16N4O4S/c1-24-14-6-10(2-3-13(14)23)15-11(7-18)16(20)21-17(12(15)8-19)26-9-25-5-4-22/h2-3,6,22-23H,4-5,9H2,1H3,(H2,20,21). The van der Waals surface area contributed by atoms with Crippen molar-refractivity contribution in [1.29, 1.82) is 10.5 Å². The molecular formula is C17H16N4O4S. The van der Waals surface area contributed by atoms with E-state index in [1.54, 1.807) is 6.07 Å². The molecule has 0 saturated heterocycles. The van der Waals surface area contributed by atoms with Crippen LogP contribution in [0.25, 0.3) is 11.1 Å². The molecule has 0 fully saturated rings. The lowest BCUT2D eigenvalue weighted by Gasteiger charge is -2.14. The highest BCUT2D eigenvalue weighted by Crippen LogP contribution is 2.38. The highest BCUT2D eigenvalue weighted by atomic mass is 32.2. The zero-order valence-electron chi connectivity index (χ0n) is 13.9. The van der Waals surface area contributed by atoms with Gasteiger partial charge in [-0.05, 0) is 17.7 Å². The number of pyridine rings is 1. The van der Waals surface area contributed by atoms with E-state index in [1.165, 1.54) is 19.2 Å². The van der Waals surface area contributed by atoms with Crippen molar-refractivity contribution in [2.75, 3.05) is 32.0 Å². The van der Waals surface area contributed by atoms with Crippen LogP contribution in [0.3, 0.4) is 0 Å². The maximum absolute atomic E-state index is 9.78. The van der Waals surface area contributed by atoms with Gasteiger partial charge in [0.25, 0.3) is 0 Å². The highest BCUT2D eigenvalue weighted by molar-refractivity contribution is 7.99. The molecule has 4 N–H and O–H groups in total. The van der Waals surface area contributed by atoms with E-state index in [1.807, 2.05) is 6.07 Å². The van der Waals surface area contributed by atoms with Gasteiger partial charge in [-0.25, -0.2) is 4.98 Å². The summed E-state index contributed by atoms with van der Waals surface area (Å²) in [7, 11) is 1.40. The average molecular weight is 372 g/mol. The lowest BCUT2D eigenvalue weighted by Crippen LogP contribution is -2.05. The Morgan fingerprint density at radius 1 is 1.27 bits per heavy atom. The van der Waals surface area contributed by atoms with Crippen LogP contribution in [0.15, 0.2) is 23.2 Å². The molecule has 0 aliphatic heterocycles. The number of aliphatic hydroxyl groups is 1. The Bertz CT molecular complexity index is 890. The number of hydrogen-bond acceptors (Lipinski definition) is 9. The van der Waals surface area contributed by atoms with Gasteiger partial charge < -0.3 is 25.4 Å². The Hall–Kier alpha value is -2.98. The van der Waals surface area contributed by atoms with Crippen molar-refractivity contribution in [1.82, 2.24) is 4.98 Å². The number of phenolic OH excluding ortho intramolecular Hbond substituents is 1. The molecule has 1 heterocycles. The van der Waals surface area contributed by atoms with Gasteiger partial charge in [0, 0.05) is 5.56 Å². The van der Waals surface area contributed by atoms with Gasteiger partial charge in [0.2, 0.25) is 0 Å². The van der Waals surface area contributed by atoms with Crippen molar-refractivity contribution >= 4 is 17.6 Å². The van der Waals surface area contributed by atoms with Gasteiger partial charge in [-0.3, -0.25) is 0 Å². The first kappa shape index (κ1) is 19.3. The van der Waals surface area contributed by atoms with Crippen LogP contribution in [0.2, 0.25) is 0 Å². The van der Waals surface area contributed by atoms with Crippen LogP contribution < -0.4 is 10.5 Å². The van der Waals surface area contributed by atoms with E-state index >= 15 is 0 Å². The molecule has 1 aromatic carbocycles. The molecule has 0 unspecified atom stereocenters. The summed E-state index contributed by atoms with van der Waals surface area (Å²) in [6.45, 7) is 0.0375. The first-order chi connectivity index (χ1) is 12.6. The second-order valence-corrected chi connectivity index (χ2v) is 5.84. The summed E-state index contributed by atoms with van der Waals surface area (Å²) < 4.78 is 10.3. The third-order valence-electron chi connectivity index (χ3n) is 3.40. The number of aromatic hydroxyl groups is 1. The lowest BCUT2D eigenvalue weighted by atomic mass is 9.96. The largest absolute Gasteiger partial charge is 0.504 e. The number of hydrogen-bond donors (Lipinski definition) is 3. The fraction of sp³-hybridized carbons (Fsp3) is 0.235. The average Bonchev–Trinajstić information content (AvgIpc) is 2.65. The number of nitrogens with two attached hydrogens (primary N) is 1. The second-order valence-electron chi connectivity index (χ2n) is 4.93. The van der Waals surface area contributed by atoms with Gasteiger partial charge in [-0.1, -0.05) is 17.8 Å². The smallest absolute Gasteiger partial charge is 0.161 e. The van der Waals surface area contributed by atoms with E-state index in [0.717, 1.165) is 11.8 Å². The van der Waals surface area contributed by atoms with Gasteiger partial charge in [0.1, 0.15) is 28.5 Å². The number of aromatic nitrogens is 1. The summed E-state index contributed by atoms with van der Waals surface area (Å²) in [6, 6.07) is 8.52. The van der Waals surface area contributed by atoms with Crippen molar-refractivity contribution in [3.8, 4) is 34.8 Å². The van der Waals surface area contributed by atoms with Crippen LogP contribution in [0.5, 0.6) is 11.5 Å². The Balaban J connectivity index is 2.61. The number of aliphatic hydroxyl groups excluding tert-OH is 1. The normalized spacial score (nSPS) is 10.2. The fourth-order valence-electron chi connectivity index (χ4n) is 2.25. The quantitative estimate of drug-likeness (QED) is 0.376. The van der Waals surface area contributed by atoms with Gasteiger partial charge in [-0.2, -0.15) is 10.5 Å². The Labute approximate surface area is 154 Å². The first-order valence-corrected chi connectivity index (χ1v) is 8.38. The zero-order valence-corrected chi connectivity index (χ0v) is 14.7. The van der Waals surface area contributed by atoms with Crippen LogP contribution in [0.4, 0.5) is 5.82 Å². The number of nitriles is 2. The maximum atomic E-state index is 9.78. The van der Waals surface area contributed by atoms with Crippen LogP contribution in [-0.2, 0) is 4.74 Å². The fourth-order valence-corrected chi connectivity index (χ4v) is 3.01. The van der Waals surface area contributed by atoms with Crippen molar-refractivity contribution in [3.63, 3.8) is 0 Å². The van der Waals surface area contributed by atoms with E-state index < -0.39 is 0 Å². The Morgan fingerprint density at radius 3 is 2.62 bits per heavy atom. The van der Waals surface area contributed by atoms with Crippen molar-refractivity contribution in [3.05, 3.63) is 29.3 Å². The SMILES string of the molecule is COc1cc(-c2c(C#N)c(N)nc(SCOCCO)c2C#N)ccc1O. The minimum Gasteiger partial charge on any atom is -0.504 e. The molecule has 134 valence electrons. The molecule has 0 aliphatic carbocycles. The number of anilines is 1. The van der Waals surface area contributed by atoms with Crippen molar-refractivity contribution in [2.24, 2.45) is 0 Å². The molecule has 1 aromatic heterocycles. The van der Waals surface area contributed by atoms with Gasteiger partial charge in [0.15, 0.2) is 11.5 Å². The molecule has 0 aliphatic rings.